The number of carbonyl (C=O) groups excluding carboxylic acids is 2. The Labute approximate surface area is 165 Å². The van der Waals surface area contributed by atoms with E-state index in [1.807, 2.05) is 30.3 Å². The Morgan fingerprint density at radius 1 is 1.11 bits per heavy atom. The molecule has 3 aromatic rings. The van der Waals surface area contributed by atoms with Crippen molar-refractivity contribution in [2.45, 2.75) is 0 Å². The highest BCUT2D eigenvalue weighted by atomic mass is 32.2. The van der Waals surface area contributed by atoms with Gasteiger partial charge in [0.1, 0.15) is 11.5 Å². The molecule has 1 aliphatic rings. The molecule has 1 amide bonds. The van der Waals surface area contributed by atoms with E-state index in [0.29, 0.717) is 9.89 Å². The molecule has 0 aliphatic carbocycles. The van der Waals surface area contributed by atoms with Crippen LogP contribution >= 0.6 is 24.0 Å². The maximum absolute atomic E-state index is 12.3. The van der Waals surface area contributed by atoms with Gasteiger partial charge in [-0.25, -0.2) is 0 Å². The minimum Gasteiger partial charge on any atom is -0.468 e. The molecule has 0 N–H and O–H groups in total. The van der Waals surface area contributed by atoms with Crippen molar-refractivity contribution in [3.05, 3.63) is 65.1 Å². The summed E-state index contributed by atoms with van der Waals surface area (Å²) < 4.78 is 4.66. The molecule has 0 spiro atoms. The number of ether oxygens (including phenoxy) is 1. The number of carbonyl (C=O) groups is 2. The molecule has 0 atom stereocenters. The Hall–Kier alpha value is -2.70. The number of hydrogen-bond acceptors (Lipinski definition) is 5. The normalized spacial score (nSPS) is 15.9. The third kappa shape index (κ3) is 3.22. The summed E-state index contributed by atoms with van der Waals surface area (Å²) in [6.45, 7) is -0.172. The van der Waals surface area contributed by atoms with Gasteiger partial charge in [-0.3, -0.25) is 14.5 Å². The van der Waals surface area contributed by atoms with Crippen LogP contribution in [0.2, 0.25) is 0 Å². The Bertz CT molecular complexity index is 1080. The molecule has 1 fully saturated rings. The topological polar surface area (TPSA) is 46.6 Å². The van der Waals surface area contributed by atoms with E-state index in [9.17, 15) is 9.59 Å². The average molecular weight is 393 g/mol. The lowest BCUT2D eigenvalue weighted by Gasteiger charge is -2.13. The molecule has 1 aliphatic heterocycles. The number of rotatable bonds is 3. The minimum absolute atomic E-state index is 0.172. The predicted octanol–water partition coefficient (Wildman–Crippen LogP) is 5.00. The van der Waals surface area contributed by atoms with Gasteiger partial charge in [-0.2, -0.15) is 0 Å². The molecular weight excluding hydrogens is 378 g/mol. The highest BCUT2D eigenvalue weighted by Gasteiger charge is 2.33. The van der Waals surface area contributed by atoms with Crippen LogP contribution in [-0.2, 0) is 9.53 Å². The molecule has 0 radical (unpaired) electrons. The first-order valence-corrected chi connectivity index (χ1v) is 9.53. The van der Waals surface area contributed by atoms with Crippen molar-refractivity contribution in [2.75, 3.05) is 13.7 Å². The molecule has 6 heteroatoms. The Morgan fingerprint density at radius 3 is 2.30 bits per heavy atom. The fourth-order valence-electron chi connectivity index (χ4n) is 3.17. The number of esters is 1. The van der Waals surface area contributed by atoms with Gasteiger partial charge < -0.3 is 4.74 Å². The second-order valence-electron chi connectivity index (χ2n) is 6.08. The predicted molar refractivity (Wildman–Crippen MR) is 114 cm³/mol. The number of thioether (sulfide) groups is 1. The van der Waals surface area contributed by atoms with E-state index < -0.39 is 5.97 Å². The average Bonchev–Trinajstić information content (AvgIpc) is 2.95. The summed E-state index contributed by atoms with van der Waals surface area (Å²) in [7, 11) is 1.29. The lowest BCUT2D eigenvalue weighted by molar-refractivity contribution is -0.140. The molecule has 1 saturated heterocycles. The van der Waals surface area contributed by atoms with Gasteiger partial charge in [-0.1, -0.05) is 60.7 Å². The van der Waals surface area contributed by atoms with E-state index in [2.05, 4.69) is 35.1 Å². The third-order valence-electron chi connectivity index (χ3n) is 4.48. The second kappa shape index (κ2) is 7.13. The van der Waals surface area contributed by atoms with E-state index in [1.165, 1.54) is 12.0 Å². The SMILES string of the molecule is COC(=O)CN1C(=O)SC(=Cc2c3ccccc3cc3ccccc23)C1=S. The first-order chi connectivity index (χ1) is 13.1. The number of nitrogens with zero attached hydrogens (tertiary/aromatic N) is 1. The molecule has 3 aromatic carbocycles. The summed E-state index contributed by atoms with van der Waals surface area (Å²) in [5, 5.41) is 4.16. The van der Waals surface area contributed by atoms with Crippen molar-refractivity contribution in [1.29, 1.82) is 0 Å². The summed E-state index contributed by atoms with van der Waals surface area (Å²) in [5.74, 6) is -0.497. The molecule has 0 bridgehead atoms. The molecule has 4 nitrogen and oxygen atoms in total. The molecule has 4 rings (SSSR count). The highest BCUT2D eigenvalue weighted by molar-refractivity contribution is 8.19. The van der Waals surface area contributed by atoms with E-state index in [1.54, 1.807) is 0 Å². The zero-order valence-electron chi connectivity index (χ0n) is 14.5. The zero-order valence-corrected chi connectivity index (χ0v) is 16.1. The zero-order chi connectivity index (χ0) is 19.0. The summed E-state index contributed by atoms with van der Waals surface area (Å²) in [6, 6.07) is 18.4. The van der Waals surface area contributed by atoms with Gasteiger partial charge in [0, 0.05) is 0 Å². The van der Waals surface area contributed by atoms with Crippen molar-refractivity contribution in [3.8, 4) is 0 Å². The van der Waals surface area contributed by atoms with Gasteiger partial charge in [-0.05, 0) is 51.0 Å². The van der Waals surface area contributed by atoms with Gasteiger partial charge in [0.05, 0.1) is 12.0 Å². The smallest absolute Gasteiger partial charge is 0.325 e. The largest absolute Gasteiger partial charge is 0.468 e. The molecule has 1 heterocycles. The van der Waals surface area contributed by atoms with Crippen LogP contribution in [0.15, 0.2) is 59.5 Å². The maximum atomic E-state index is 12.3. The first kappa shape index (κ1) is 17.7. The summed E-state index contributed by atoms with van der Waals surface area (Å²) >= 11 is 6.50. The van der Waals surface area contributed by atoms with Crippen molar-refractivity contribution in [1.82, 2.24) is 4.90 Å². The van der Waals surface area contributed by atoms with Gasteiger partial charge >= 0.3 is 5.97 Å². The monoisotopic (exact) mass is 393 g/mol. The molecule has 134 valence electrons. The van der Waals surface area contributed by atoms with Gasteiger partial charge in [0.25, 0.3) is 5.24 Å². The summed E-state index contributed by atoms with van der Waals surface area (Å²) in [4.78, 5) is 26.2. The number of hydrogen-bond donors (Lipinski definition) is 0. The quantitative estimate of drug-likeness (QED) is 0.271. The van der Waals surface area contributed by atoms with E-state index in [-0.39, 0.29) is 11.8 Å². The molecular formula is C21H15NO3S2. The molecule has 0 aromatic heterocycles. The Kier molecular flexibility index (Phi) is 4.68. The second-order valence-corrected chi connectivity index (χ2v) is 7.46. The molecule has 27 heavy (non-hydrogen) atoms. The maximum Gasteiger partial charge on any atom is 0.325 e. The highest BCUT2D eigenvalue weighted by Crippen LogP contribution is 2.37. The number of amides is 1. The van der Waals surface area contributed by atoms with E-state index in [0.717, 1.165) is 38.9 Å². The number of benzene rings is 3. The van der Waals surface area contributed by atoms with Crippen LogP contribution in [0.25, 0.3) is 27.6 Å². The number of thiocarbonyl (C=S) groups is 1. The van der Waals surface area contributed by atoms with Crippen LogP contribution in [0.4, 0.5) is 4.79 Å². The summed E-state index contributed by atoms with van der Waals surface area (Å²) in [6.07, 6.45) is 1.95. The van der Waals surface area contributed by atoms with Gasteiger partial charge in [0.2, 0.25) is 0 Å². The fraction of sp³-hybridized carbons (Fsp3) is 0.0952. The van der Waals surface area contributed by atoms with Crippen LogP contribution in [0.3, 0.4) is 0 Å². The summed E-state index contributed by atoms with van der Waals surface area (Å²) in [5.41, 5.74) is 1.02. The van der Waals surface area contributed by atoms with Crippen LogP contribution in [0.5, 0.6) is 0 Å². The van der Waals surface area contributed by atoms with Crippen LogP contribution in [0, 0.1) is 0 Å². The number of methoxy groups -OCH3 is 1. The first-order valence-electron chi connectivity index (χ1n) is 8.31. The fourth-order valence-corrected chi connectivity index (χ4v) is 4.38. The standard InChI is InChI=1S/C21H15NO3S2/c1-25-19(23)12-22-20(26)18(27-21(22)24)11-17-15-8-4-2-6-13(15)10-14-7-3-5-9-16(14)17/h2-11H,12H2,1H3. The van der Waals surface area contributed by atoms with E-state index >= 15 is 0 Å². The molecule has 0 saturated carbocycles. The van der Waals surface area contributed by atoms with Crippen LogP contribution in [0.1, 0.15) is 5.56 Å². The number of fused-ring (bicyclic) bond motifs is 2. The molecule has 0 unspecified atom stereocenters. The van der Waals surface area contributed by atoms with Crippen molar-refractivity contribution in [2.24, 2.45) is 0 Å². The van der Waals surface area contributed by atoms with Gasteiger partial charge in [-0.15, -0.1) is 0 Å². The van der Waals surface area contributed by atoms with Crippen molar-refractivity contribution >= 4 is 67.8 Å². The Morgan fingerprint density at radius 2 is 1.70 bits per heavy atom. The lowest BCUT2D eigenvalue weighted by Crippen LogP contribution is -2.33. The minimum atomic E-state index is -0.497. The van der Waals surface area contributed by atoms with E-state index in [4.69, 9.17) is 12.2 Å². The lowest BCUT2D eigenvalue weighted by atomic mass is 9.96. The van der Waals surface area contributed by atoms with Crippen molar-refractivity contribution in [3.63, 3.8) is 0 Å². The Balaban J connectivity index is 1.86. The van der Waals surface area contributed by atoms with Crippen molar-refractivity contribution < 1.29 is 14.3 Å². The van der Waals surface area contributed by atoms with Crippen LogP contribution < -0.4 is 0 Å². The van der Waals surface area contributed by atoms with Gasteiger partial charge in [0.15, 0.2) is 0 Å². The third-order valence-corrected chi connectivity index (χ3v) is 5.97. The van der Waals surface area contributed by atoms with Crippen LogP contribution in [-0.4, -0.2) is 34.8 Å².